The number of nitrogens with one attached hydrogen (secondary N) is 1. The van der Waals surface area contributed by atoms with Gasteiger partial charge in [-0.1, -0.05) is 23.9 Å². The predicted octanol–water partition coefficient (Wildman–Crippen LogP) is 2.10. The Morgan fingerprint density at radius 2 is 1.84 bits per heavy atom. The maximum absolute atomic E-state index is 12.7. The summed E-state index contributed by atoms with van der Waals surface area (Å²) in [6.07, 6.45) is 0.0589. The molecule has 166 valence electrons. The predicted molar refractivity (Wildman–Crippen MR) is 112 cm³/mol. The fourth-order valence-corrected chi connectivity index (χ4v) is 4.99. The largest absolute Gasteiger partial charge is 0.480 e. The molecule has 0 bridgehead atoms. The molecule has 2 aromatic rings. The number of fused-ring (bicyclic) bond motifs is 2. The third-order valence-electron chi connectivity index (χ3n) is 5.61. The van der Waals surface area contributed by atoms with Gasteiger partial charge in [0.05, 0.1) is 36.1 Å². The molecule has 2 amide bonds. The Bertz CT molecular complexity index is 1100. The second-order valence-corrected chi connectivity index (χ2v) is 8.77. The van der Waals surface area contributed by atoms with Gasteiger partial charge >= 0.3 is 5.97 Å². The van der Waals surface area contributed by atoms with Gasteiger partial charge in [-0.3, -0.25) is 9.59 Å². The molecule has 1 unspecified atom stereocenters. The zero-order chi connectivity index (χ0) is 22.3. The van der Waals surface area contributed by atoms with E-state index in [-0.39, 0.29) is 19.5 Å². The molecule has 1 atom stereocenters. The zero-order valence-electron chi connectivity index (χ0n) is 16.9. The molecule has 2 aromatic carbocycles. The van der Waals surface area contributed by atoms with Crippen LogP contribution in [0.1, 0.15) is 16.8 Å². The molecule has 10 heteroatoms. The van der Waals surface area contributed by atoms with E-state index in [1.165, 1.54) is 4.90 Å². The molecule has 0 aromatic heterocycles. The molecule has 3 aliphatic rings. The Morgan fingerprint density at radius 3 is 2.62 bits per heavy atom. The number of nitrogens with zero attached hydrogens (tertiary/aromatic N) is 1. The third-order valence-corrected chi connectivity index (χ3v) is 6.72. The fourth-order valence-electron chi connectivity index (χ4n) is 4.06. The van der Waals surface area contributed by atoms with Gasteiger partial charge < -0.3 is 29.5 Å². The summed E-state index contributed by atoms with van der Waals surface area (Å²) in [4.78, 5) is 40.1. The van der Waals surface area contributed by atoms with Gasteiger partial charge in [-0.05, 0) is 30.3 Å². The number of carbonyl (C=O) groups is 3. The smallest absolute Gasteiger partial charge is 0.326 e. The SMILES string of the molecule is O=C(NCC(=O)N1CC2(CC1C(=O)O)OCCO2)c1ccc2c(c1)Oc1ccccc1S2. The van der Waals surface area contributed by atoms with Crippen LogP contribution in [-0.4, -0.2) is 65.9 Å². The van der Waals surface area contributed by atoms with Gasteiger partial charge in [0.2, 0.25) is 5.91 Å². The van der Waals surface area contributed by atoms with Crippen molar-refractivity contribution >= 4 is 29.5 Å². The number of likely N-dealkylation sites (tertiary alicyclic amines) is 1. The first-order valence-electron chi connectivity index (χ1n) is 10.1. The first-order chi connectivity index (χ1) is 15.4. The molecule has 0 radical (unpaired) electrons. The third kappa shape index (κ3) is 3.81. The van der Waals surface area contributed by atoms with Crippen LogP contribution in [0.25, 0.3) is 0 Å². The number of carboxylic acid groups (broad SMARTS) is 1. The van der Waals surface area contributed by atoms with E-state index in [0.29, 0.717) is 24.5 Å². The highest BCUT2D eigenvalue weighted by Gasteiger charge is 2.52. The van der Waals surface area contributed by atoms with Crippen LogP contribution in [0.5, 0.6) is 11.5 Å². The average molecular weight is 456 g/mol. The van der Waals surface area contributed by atoms with E-state index in [4.69, 9.17) is 14.2 Å². The maximum atomic E-state index is 12.7. The van der Waals surface area contributed by atoms with Crippen molar-refractivity contribution in [3.8, 4) is 11.5 Å². The van der Waals surface area contributed by atoms with Gasteiger partial charge in [-0.2, -0.15) is 0 Å². The number of ether oxygens (including phenoxy) is 3. The Hall–Kier alpha value is -3.08. The standard InChI is InChI=1S/C22H20N2O7S/c25-19(24-12-22(29-7-8-30-22)10-14(24)21(27)28)11-23-20(26)13-5-6-18-16(9-13)31-15-3-1-2-4-17(15)32-18/h1-6,9,14H,7-8,10-12H2,(H,23,26)(H,27,28). The lowest BCUT2D eigenvalue weighted by atomic mass is 10.1. The zero-order valence-corrected chi connectivity index (χ0v) is 17.7. The Morgan fingerprint density at radius 1 is 1.09 bits per heavy atom. The number of carboxylic acids is 1. The molecule has 32 heavy (non-hydrogen) atoms. The highest BCUT2D eigenvalue weighted by atomic mass is 32.2. The molecule has 3 aliphatic heterocycles. The molecule has 9 nitrogen and oxygen atoms in total. The summed E-state index contributed by atoms with van der Waals surface area (Å²) in [6.45, 7) is 0.388. The number of benzene rings is 2. The quantitative estimate of drug-likeness (QED) is 0.614. The normalized spacial score (nSPS) is 20.4. The van der Waals surface area contributed by atoms with Crippen molar-refractivity contribution in [3.63, 3.8) is 0 Å². The van der Waals surface area contributed by atoms with Crippen LogP contribution in [0, 0.1) is 0 Å². The maximum Gasteiger partial charge on any atom is 0.326 e. The lowest BCUT2D eigenvalue weighted by Crippen LogP contribution is -2.46. The summed E-state index contributed by atoms with van der Waals surface area (Å²) in [7, 11) is 0. The van der Waals surface area contributed by atoms with Crippen LogP contribution in [0.3, 0.4) is 0 Å². The summed E-state index contributed by atoms with van der Waals surface area (Å²) in [6, 6.07) is 11.7. The van der Waals surface area contributed by atoms with Crippen molar-refractivity contribution in [1.82, 2.24) is 10.2 Å². The first-order valence-corrected chi connectivity index (χ1v) is 10.9. The van der Waals surface area contributed by atoms with Crippen molar-refractivity contribution in [2.24, 2.45) is 0 Å². The highest BCUT2D eigenvalue weighted by Crippen LogP contribution is 2.46. The van der Waals surface area contributed by atoms with Crippen molar-refractivity contribution in [2.75, 3.05) is 26.3 Å². The molecule has 1 spiro atoms. The Kier molecular flexibility index (Phi) is 5.28. The number of aliphatic carboxylic acids is 1. The minimum atomic E-state index is -1.13. The fraction of sp³-hybridized carbons (Fsp3) is 0.318. The molecule has 0 aliphatic carbocycles. The molecule has 2 saturated heterocycles. The van der Waals surface area contributed by atoms with E-state index in [1.54, 1.807) is 30.0 Å². The number of rotatable bonds is 4. The lowest BCUT2D eigenvalue weighted by Gasteiger charge is -2.23. The van der Waals surface area contributed by atoms with E-state index in [9.17, 15) is 19.5 Å². The molecule has 5 rings (SSSR count). The Labute approximate surface area is 187 Å². The summed E-state index contributed by atoms with van der Waals surface area (Å²) < 4.78 is 17.0. The number of carbonyl (C=O) groups excluding carboxylic acids is 2. The molecular formula is C22H20N2O7S. The van der Waals surface area contributed by atoms with Gasteiger partial charge in [-0.25, -0.2) is 4.79 Å². The molecule has 2 fully saturated rings. The van der Waals surface area contributed by atoms with Crippen LogP contribution in [-0.2, 0) is 19.1 Å². The minimum absolute atomic E-state index is 0.0159. The van der Waals surface area contributed by atoms with Crippen molar-refractivity contribution in [2.45, 2.75) is 28.0 Å². The van der Waals surface area contributed by atoms with E-state index >= 15 is 0 Å². The van der Waals surface area contributed by atoms with Crippen molar-refractivity contribution < 1.29 is 33.7 Å². The van der Waals surface area contributed by atoms with E-state index < -0.39 is 29.6 Å². The first kappa shape index (κ1) is 20.8. The molecular weight excluding hydrogens is 436 g/mol. The van der Waals surface area contributed by atoms with Crippen molar-refractivity contribution in [3.05, 3.63) is 48.0 Å². The Balaban J connectivity index is 1.24. The summed E-state index contributed by atoms with van der Waals surface area (Å²) >= 11 is 1.55. The van der Waals surface area contributed by atoms with Gasteiger partial charge in [0.15, 0.2) is 5.79 Å². The summed E-state index contributed by atoms with van der Waals surface area (Å²) in [5.74, 6) is -1.90. The average Bonchev–Trinajstić information content (AvgIpc) is 3.42. The second kappa shape index (κ2) is 8.12. The molecule has 2 N–H and O–H groups in total. The lowest BCUT2D eigenvalue weighted by molar-refractivity contribution is -0.152. The molecule has 3 heterocycles. The van der Waals surface area contributed by atoms with Crippen LogP contribution >= 0.6 is 11.8 Å². The van der Waals surface area contributed by atoms with E-state index in [2.05, 4.69) is 5.32 Å². The second-order valence-electron chi connectivity index (χ2n) is 7.68. The van der Waals surface area contributed by atoms with Gasteiger partial charge in [0.25, 0.3) is 5.91 Å². The van der Waals surface area contributed by atoms with Gasteiger partial charge in [0, 0.05) is 12.0 Å². The number of hydrogen-bond donors (Lipinski definition) is 2. The number of hydrogen-bond acceptors (Lipinski definition) is 7. The van der Waals surface area contributed by atoms with Crippen LogP contribution < -0.4 is 10.1 Å². The van der Waals surface area contributed by atoms with E-state index in [1.807, 2.05) is 24.3 Å². The topological polar surface area (TPSA) is 114 Å². The summed E-state index contributed by atoms with van der Waals surface area (Å²) in [5, 5.41) is 12.1. The summed E-state index contributed by atoms with van der Waals surface area (Å²) in [5.41, 5.74) is 0.340. The minimum Gasteiger partial charge on any atom is -0.480 e. The van der Waals surface area contributed by atoms with Crippen LogP contribution in [0.2, 0.25) is 0 Å². The number of amides is 2. The van der Waals surface area contributed by atoms with Crippen LogP contribution in [0.15, 0.2) is 52.3 Å². The van der Waals surface area contributed by atoms with Gasteiger partial charge in [-0.15, -0.1) is 0 Å². The number of para-hydroxylation sites is 1. The monoisotopic (exact) mass is 456 g/mol. The highest BCUT2D eigenvalue weighted by molar-refractivity contribution is 7.99. The van der Waals surface area contributed by atoms with Crippen molar-refractivity contribution in [1.29, 1.82) is 0 Å². The van der Waals surface area contributed by atoms with Crippen LogP contribution in [0.4, 0.5) is 0 Å². The van der Waals surface area contributed by atoms with Gasteiger partial charge in [0.1, 0.15) is 17.5 Å². The van der Waals surface area contributed by atoms with E-state index in [0.717, 1.165) is 15.5 Å². The molecule has 0 saturated carbocycles.